The second-order valence-corrected chi connectivity index (χ2v) is 2.26. The molecule has 1 atom stereocenters. The van der Waals surface area contributed by atoms with Crippen LogP contribution in [-0.2, 0) is 19.1 Å². The van der Waals surface area contributed by atoms with Crippen molar-refractivity contribution >= 4 is 11.8 Å². The molecule has 1 heterocycles. The summed E-state index contributed by atoms with van der Waals surface area (Å²) in [5, 5.41) is 0. The summed E-state index contributed by atoms with van der Waals surface area (Å²) >= 11 is 0. The van der Waals surface area contributed by atoms with Gasteiger partial charge in [0.1, 0.15) is 0 Å². The minimum Gasteiger partial charge on any atom is -0.450 e. The Balaban J connectivity index is 2.67. The number of cyclic esters (lactones) is 1. The first-order chi connectivity index (χ1) is 5.09. The molecule has 0 saturated carbocycles. The molecule has 0 aromatic rings. The van der Waals surface area contributed by atoms with Gasteiger partial charge in [-0.15, -0.1) is 0 Å². The first-order valence-corrected chi connectivity index (χ1v) is 3.20. The number of hydrogen-bond acceptors (Lipinski definition) is 4. The van der Waals surface area contributed by atoms with Crippen molar-refractivity contribution < 1.29 is 19.1 Å². The van der Waals surface area contributed by atoms with Crippen LogP contribution in [0.3, 0.4) is 0 Å². The van der Waals surface area contributed by atoms with Crippen molar-refractivity contribution in [1.29, 1.82) is 0 Å². The first-order valence-electron chi connectivity index (χ1n) is 3.20. The van der Waals surface area contributed by atoms with Gasteiger partial charge in [-0.25, -0.2) is 4.79 Å². The largest absolute Gasteiger partial charge is 0.450 e. The van der Waals surface area contributed by atoms with E-state index >= 15 is 0 Å². The second-order valence-electron chi connectivity index (χ2n) is 2.26. The molecule has 1 saturated heterocycles. The summed E-state index contributed by atoms with van der Waals surface area (Å²) in [5.74, 6) is -0.672. The lowest BCUT2D eigenvalue weighted by molar-refractivity contribution is -0.137. The van der Waals surface area contributed by atoms with Gasteiger partial charge in [0.15, 0.2) is 11.9 Å². The molecule has 0 radical (unpaired) electrons. The summed E-state index contributed by atoms with van der Waals surface area (Å²) in [7, 11) is 0. The van der Waals surface area contributed by atoms with Crippen LogP contribution in [0, 0.1) is 0 Å². The van der Waals surface area contributed by atoms with Crippen molar-refractivity contribution in [3.05, 3.63) is 12.0 Å². The Bertz CT molecular complexity index is 229. The molecule has 4 heteroatoms. The van der Waals surface area contributed by atoms with E-state index in [1.165, 1.54) is 6.92 Å². The molecule has 1 unspecified atom stereocenters. The van der Waals surface area contributed by atoms with Gasteiger partial charge < -0.3 is 9.47 Å². The normalized spacial score (nSPS) is 26.5. The molecule has 60 valence electrons. The van der Waals surface area contributed by atoms with E-state index in [0.717, 1.165) is 6.08 Å². The lowest BCUT2D eigenvalue weighted by Gasteiger charge is -1.94. The van der Waals surface area contributed by atoms with E-state index < -0.39 is 12.1 Å². The number of esters is 1. The number of ketones is 1. The van der Waals surface area contributed by atoms with Gasteiger partial charge in [-0.05, 0) is 13.8 Å². The molecule has 1 fully saturated rings. The fourth-order valence-corrected chi connectivity index (χ4v) is 0.658. The third-order valence-electron chi connectivity index (χ3n) is 1.15. The highest BCUT2D eigenvalue weighted by Gasteiger charge is 2.27. The van der Waals surface area contributed by atoms with E-state index in [1.54, 1.807) is 6.92 Å². The summed E-state index contributed by atoms with van der Waals surface area (Å²) in [6, 6.07) is 0. The number of carbonyl (C=O) groups is 2. The zero-order chi connectivity index (χ0) is 8.43. The zero-order valence-corrected chi connectivity index (χ0v) is 6.29. The van der Waals surface area contributed by atoms with Gasteiger partial charge in [-0.1, -0.05) is 0 Å². The summed E-state index contributed by atoms with van der Waals surface area (Å²) in [4.78, 5) is 21.1. The molecule has 0 aliphatic carbocycles. The van der Waals surface area contributed by atoms with Crippen LogP contribution < -0.4 is 0 Å². The van der Waals surface area contributed by atoms with Crippen LogP contribution in [0.1, 0.15) is 13.8 Å². The van der Waals surface area contributed by atoms with E-state index in [0.29, 0.717) is 0 Å². The van der Waals surface area contributed by atoms with Gasteiger partial charge in [0.05, 0.1) is 6.08 Å². The van der Waals surface area contributed by atoms with Crippen LogP contribution in [0.2, 0.25) is 0 Å². The van der Waals surface area contributed by atoms with E-state index in [9.17, 15) is 9.59 Å². The molecule has 0 amide bonds. The zero-order valence-electron chi connectivity index (χ0n) is 6.29. The van der Waals surface area contributed by atoms with Gasteiger partial charge >= 0.3 is 5.97 Å². The third kappa shape index (κ3) is 1.80. The lowest BCUT2D eigenvalue weighted by Crippen LogP contribution is -2.09. The van der Waals surface area contributed by atoms with Gasteiger partial charge in [0.2, 0.25) is 0 Å². The SMILES string of the molecule is CC(=O)/C=C1\OC(=O)C(C)O1. The monoisotopic (exact) mass is 156 g/mol. The molecule has 11 heavy (non-hydrogen) atoms. The number of ether oxygens (including phenoxy) is 2. The predicted octanol–water partition coefficient (Wildman–Crippen LogP) is 0.379. The lowest BCUT2D eigenvalue weighted by atomic mass is 10.4. The van der Waals surface area contributed by atoms with Crippen molar-refractivity contribution in [2.75, 3.05) is 0 Å². The average Bonchev–Trinajstić information content (AvgIpc) is 2.10. The van der Waals surface area contributed by atoms with Gasteiger partial charge in [-0.3, -0.25) is 4.79 Å². The topological polar surface area (TPSA) is 52.6 Å². The minimum atomic E-state index is -0.597. The standard InChI is InChI=1S/C7H8O4/c1-4(8)3-6-10-5(2)7(9)11-6/h3,5H,1-2H3/b6-3-. The van der Waals surface area contributed by atoms with Crippen LogP contribution in [0.15, 0.2) is 12.0 Å². The highest BCUT2D eigenvalue weighted by atomic mass is 16.7. The Morgan fingerprint density at radius 1 is 1.64 bits per heavy atom. The molecule has 4 nitrogen and oxygen atoms in total. The highest BCUT2D eigenvalue weighted by molar-refractivity contribution is 5.88. The van der Waals surface area contributed by atoms with Crippen molar-refractivity contribution in [2.45, 2.75) is 20.0 Å². The van der Waals surface area contributed by atoms with Crippen LogP contribution >= 0.6 is 0 Å². The predicted molar refractivity (Wildman–Crippen MR) is 35.4 cm³/mol. The molecule has 0 N–H and O–H groups in total. The van der Waals surface area contributed by atoms with E-state index in [1.807, 2.05) is 0 Å². The van der Waals surface area contributed by atoms with Crippen LogP contribution in [0.5, 0.6) is 0 Å². The number of allylic oxidation sites excluding steroid dienone is 1. The van der Waals surface area contributed by atoms with Gasteiger partial charge in [-0.2, -0.15) is 0 Å². The minimum absolute atomic E-state index is 0.00463. The molecule has 1 aliphatic heterocycles. The summed E-state index contributed by atoms with van der Waals surface area (Å²) in [6.07, 6.45) is 0.544. The van der Waals surface area contributed by atoms with Crippen molar-refractivity contribution in [3.63, 3.8) is 0 Å². The third-order valence-corrected chi connectivity index (χ3v) is 1.15. The summed E-state index contributed by atoms with van der Waals surface area (Å²) < 4.78 is 9.42. The van der Waals surface area contributed by atoms with Crippen molar-refractivity contribution in [2.24, 2.45) is 0 Å². The smallest absolute Gasteiger partial charge is 0.354 e. The highest BCUT2D eigenvalue weighted by Crippen LogP contribution is 2.15. The molecular formula is C7H8O4. The van der Waals surface area contributed by atoms with Crippen molar-refractivity contribution in [3.8, 4) is 0 Å². The number of carbonyl (C=O) groups excluding carboxylic acids is 2. The van der Waals surface area contributed by atoms with E-state index in [2.05, 4.69) is 4.74 Å². The number of hydrogen-bond donors (Lipinski definition) is 0. The quantitative estimate of drug-likeness (QED) is 0.406. The molecule has 0 bridgehead atoms. The Hall–Kier alpha value is -1.32. The second kappa shape index (κ2) is 2.74. The molecule has 0 spiro atoms. The Kier molecular flexibility index (Phi) is 1.94. The van der Waals surface area contributed by atoms with Crippen LogP contribution in [0.4, 0.5) is 0 Å². The van der Waals surface area contributed by atoms with Gasteiger partial charge in [0.25, 0.3) is 5.95 Å². The molecule has 1 aliphatic rings. The molecular weight excluding hydrogens is 148 g/mol. The Morgan fingerprint density at radius 3 is 2.64 bits per heavy atom. The van der Waals surface area contributed by atoms with Crippen LogP contribution in [0.25, 0.3) is 0 Å². The maximum atomic E-state index is 10.7. The Morgan fingerprint density at radius 2 is 2.27 bits per heavy atom. The fraction of sp³-hybridized carbons (Fsp3) is 0.429. The Labute approximate surface area is 63.8 Å². The molecule has 0 aromatic carbocycles. The summed E-state index contributed by atoms with van der Waals surface area (Å²) in [5.41, 5.74) is 0. The maximum absolute atomic E-state index is 10.7. The van der Waals surface area contributed by atoms with Crippen LogP contribution in [-0.4, -0.2) is 17.9 Å². The summed E-state index contributed by atoms with van der Waals surface area (Å²) in [6.45, 7) is 2.91. The fourth-order valence-electron chi connectivity index (χ4n) is 0.658. The average molecular weight is 156 g/mol. The number of rotatable bonds is 1. The van der Waals surface area contributed by atoms with E-state index in [-0.39, 0.29) is 11.7 Å². The first kappa shape index (κ1) is 7.78. The maximum Gasteiger partial charge on any atom is 0.354 e. The van der Waals surface area contributed by atoms with E-state index in [4.69, 9.17) is 4.74 Å². The molecule has 1 rings (SSSR count). The van der Waals surface area contributed by atoms with Gasteiger partial charge in [0, 0.05) is 0 Å². The molecule has 0 aromatic heterocycles. The van der Waals surface area contributed by atoms with Crippen molar-refractivity contribution in [1.82, 2.24) is 0 Å².